The molecule has 1 N–H and O–H groups in total. The third-order valence-electron chi connectivity index (χ3n) is 4.02. The molecule has 0 aliphatic rings. The van der Waals surface area contributed by atoms with Crippen molar-refractivity contribution in [2.24, 2.45) is 0 Å². The highest BCUT2D eigenvalue weighted by molar-refractivity contribution is 5.95. The molecule has 1 amide bonds. The van der Waals surface area contributed by atoms with E-state index in [0.717, 1.165) is 12.0 Å². The zero-order chi connectivity index (χ0) is 18.4. The van der Waals surface area contributed by atoms with E-state index in [4.69, 9.17) is 4.74 Å². The second kappa shape index (κ2) is 8.25. The standard InChI is InChI=1S/C21H21N3O2/c1-3-15(2)24-21(25)17-9-7-8-16(12-17)19-13-20(23-14-22-19)26-18-10-5-4-6-11-18/h4-15H,3H2,1-2H3,(H,24,25). The fraction of sp³-hybridized carbons (Fsp3) is 0.190. The van der Waals surface area contributed by atoms with Gasteiger partial charge in [-0.2, -0.15) is 0 Å². The average Bonchev–Trinajstić information content (AvgIpc) is 2.69. The Hall–Kier alpha value is -3.21. The molecule has 2 aromatic carbocycles. The highest BCUT2D eigenvalue weighted by Crippen LogP contribution is 2.24. The summed E-state index contributed by atoms with van der Waals surface area (Å²) in [6.07, 6.45) is 2.34. The van der Waals surface area contributed by atoms with E-state index in [-0.39, 0.29) is 11.9 Å². The summed E-state index contributed by atoms with van der Waals surface area (Å²) in [6, 6.07) is 18.7. The monoisotopic (exact) mass is 347 g/mol. The Morgan fingerprint density at radius 3 is 2.65 bits per heavy atom. The molecule has 0 fully saturated rings. The van der Waals surface area contributed by atoms with Crippen molar-refractivity contribution in [3.63, 3.8) is 0 Å². The van der Waals surface area contributed by atoms with Gasteiger partial charge in [-0.25, -0.2) is 9.97 Å². The SMILES string of the molecule is CCC(C)NC(=O)c1cccc(-c2cc(Oc3ccccc3)ncn2)c1. The Labute approximate surface area is 153 Å². The van der Waals surface area contributed by atoms with Crippen LogP contribution in [0.5, 0.6) is 11.6 Å². The molecule has 26 heavy (non-hydrogen) atoms. The van der Waals surface area contributed by atoms with Gasteiger partial charge in [-0.3, -0.25) is 4.79 Å². The predicted octanol–water partition coefficient (Wildman–Crippen LogP) is 4.46. The Bertz CT molecular complexity index is 881. The molecule has 132 valence electrons. The number of ether oxygens (including phenoxy) is 1. The Balaban J connectivity index is 1.82. The van der Waals surface area contributed by atoms with E-state index < -0.39 is 0 Å². The van der Waals surface area contributed by atoms with Crippen molar-refractivity contribution in [1.29, 1.82) is 0 Å². The lowest BCUT2D eigenvalue weighted by molar-refractivity contribution is 0.0939. The van der Waals surface area contributed by atoms with Crippen LogP contribution in [0.25, 0.3) is 11.3 Å². The molecule has 0 bridgehead atoms. The minimum atomic E-state index is -0.0870. The second-order valence-corrected chi connectivity index (χ2v) is 6.02. The van der Waals surface area contributed by atoms with Crippen molar-refractivity contribution < 1.29 is 9.53 Å². The van der Waals surface area contributed by atoms with Crippen LogP contribution in [0.3, 0.4) is 0 Å². The molecule has 0 aliphatic heterocycles. The minimum Gasteiger partial charge on any atom is -0.439 e. The summed E-state index contributed by atoms with van der Waals surface area (Å²) in [5.41, 5.74) is 2.14. The van der Waals surface area contributed by atoms with Crippen LogP contribution in [0.1, 0.15) is 30.6 Å². The fourth-order valence-electron chi connectivity index (χ4n) is 2.39. The lowest BCUT2D eigenvalue weighted by Gasteiger charge is -2.12. The number of benzene rings is 2. The summed E-state index contributed by atoms with van der Waals surface area (Å²) in [7, 11) is 0. The van der Waals surface area contributed by atoms with Crippen molar-refractivity contribution in [3.05, 3.63) is 72.6 Å². The number of rotatable bonds is 6. The molecule has 1 atom stereocenters. The Morgan fingerprint density at radius 2 is 1.88 bits per heavy atom. The largest absolute Gasteiger partial charge is 0.439 e. The summed E-state index contributed by atoms with van der Waals surface area (Å²) in [4.78, 5) is 20.8. The molecule has 0 aliphatic carbocycles. The van der Waals surface area contributed by atoms with Crippen molar-refractivity contribution in [2.75, 3.05) is 0 Å². The zero-order valence-corrected chi connectivity index (χ0v) is 14.8. The quantitative estimate of drug-likeness (QED) is 0.715. The van der Waals surface area contributed by atoms with Gasteiger partial charge in [-0.15, -0.1) is 0 Å². The van der Waals surface area contributed by atoms with Gasteiger partial charge in [-0.1, -0.05) is 37.3 Å². The normalized spacial score (nSPS) is 11.6. The van der Waals surface area contributed by atoms with Gasteiger partial charge in [0.2, 0.25) is 5.88 Å². The van der Waals surface area contributed by atoms with E-state index >= 15 is 0 Å². The van der Waals surface area contributed by atoms with Gasteiger partial charge >= 0.3 is 0 Å². The molecule has 0 radical (unpaired) electrons. The van der Waals surface area contributed by atoms with E-state index in [2.05, 4.69) is 15.3 Å². The first-order chi connectivity index (χ1) is 12.7. The summed E-state index contributed by atoms with van der Waals surface area (Å²) in [5.74, 6) is 1.07. The van der Waals surface area contributed by atoms with Gasteiger partial charge in [0.1, 0.15) is 12.1 Å². The lowest BCUT2D eigenvalue weighted by atomic mass is 10.1. The number of carbonyl (C=O) groups is 1. The van der Waals surface area contributed by atoms with E-state index in [1.165, 1.54) is 6.33 Å². The third-order valence-corrected chi connectivity index (χ3v) is 4.02. The maximum Gasteiger partial charge on any atom is 0.251 e. The van der Waals surface area contributed by atoms with Crippen LogP contribution in [-0.4, -0.2) is 21.9 Å². The number of hydrogen-bond donors (Lipinski definition) is 1. The maximum atomic E-state index is 12.3. The van der Waals surface area contributed by atoms with Gasteiger partial charge in [0, 0.05) is 23.2 Å². The molecule has 5 heteroatoms. The van der Waals surface area contributed by atoms with Crippen LogP contribution in [0.4, 0.5) is 0 Å². The van der Waals surface area contributed by atoms with Gasteiger partial charge < -0.3 is 10.1 Å². The van der Waals surface area contributed by atoms with E-state index in [1.807, 2.05) is 62.4 Å². The summed E-state index contributed by atoms with van der Waals surface area (Å²) < 4.78 is 5.75. The van der Waals surface area contributed by atoms with E-state index in [9.17, 15) is 4.79 Å². The highest BCUT2D eigenvalue weighted by atomic mass is 16.5. The fourth-order valence-corrected chi connectivity index (χ4v) is 2.39. The molecule has 3 aromatic rings. The molecule has 0 spiro atoms. The minimum absolute atomic E-state index is 0.0870. The van der Waals surface area contributed by atoms with Crippen LogP contribution < -0.4 is 10.1 Å². The van der Waals surface area contributed by atoms with Crippen LogP contribution in [0.2, 0.25) is 0 Å². The number of amides is 1. The van der Waals surface area contributed by atoms with Crippen molar-refractivity contribution >= 4 is 5.91 Å². The summed E-state index contributed by atoms with van der Waals surface area (Å²) in [6.45, 7) is 4.02. The van der Waals surface area contributed by atoms with Crippen LogP contribution in [-0.2, 0) is 0 Å². The first-order valence-corrected chi connectivity index (χ1v) is 8.62. The number of nitrogens with zero attached hydrogens (tertiary/aromatic N) is 2. The van der Waals surface area contributed by atoms with Crippen molar-refractivity contribution in [2.45, 2.75) is 26.3 Å². The molecule has 0 saturated heterocycles. The first kappa shape index (κ1) is 17.6. The smallest absolute Gasteiger partial charge is 0.251 e. The Morgan fingerprint density at radius 1 is 1.08 bits per heavy atom. The molecule has 0 saturated carbocycles. The lowest BCUT2D eigenvalue weighted by Crippen LogP contribution is -2.31. The molecule has 1 heterocycles. The second-order valence-electron chi connectivity index (χ2n) is 6.02. The Kier molecular flexibility index (Phi) is 5.59. The maximum absolute atomic E-state index is 12.3. The molecule has 5 nitrogen and oxygen atoms in total. The number of para-hydroxylation sites is 1. The van der Waals surface area contributed by atoms with E-state index in [0.29, 0.717) is 22.9 Å². The third kappa shape index (κ3) is 4.45. The summed E-state index contributed by atoms with van der Waals surface area (Å²) >= 11 is 0. The van der Waals surface area contributed by atoms with Gasteiger partial charge in [0.25, 0.3) is 5.91 Å². The van der Waals surface area contributed by atoms with Gasteiger partial charge in [-0.05, 0) is 37.6 Å². The molecule has 1 unspecified atom stereocenters. The number of aromatic nitrogens is 2. The van der Waals surface area contributed by atoms with Crippen LogP contribution >= 0.6 is 0 Å². The first-order valence-electron chi connectivity index (χ1n) is 8.62. The zero-order valence-electron chi connectivity index (χ0n) is 14.8. The molecule has 1 aromatic heterocycles. The summed E-state index contributed by atoms with van der Waals surface area (Å²) in [5, 5.41) is 2.97. The molecule has 3 rings (SSSR count). The van der Waals surface area contributed by atoms with Crippen LogP contribution in [0, 0.1) is 0 Å². The van der Waals surface area contributed by atoms with Gasteiger partial charge in [0.15, 0.2) is 0 Å². The number of hydrogen-bond acceptors (Lipinski definition) is 4. The molecular formula is C21H21N3O2. The van der Waals surface area contributed by atoms with Crippen LogP contribution in [0.15, 0.2) is 67.0 Å². The van der Waals surface area contributed by atoms with Crippen molar-refractivity contribution in [3.8, 4) is 22.9 Å². The number of carbonyl (C=O) groups excluding carboxylic acids is 1. The average molecular weight is 347 g/mol. The van der Waals surface area contributed by atoms with Crippen molar-refractivity contribution in [1.82, 2.24) is 15.3 Å². The highest BCUT2D eigenvalue weighted by Gasteiger charge is 2.11. The van der Waals surface area contributed by atoms with E-state index in [1.54, 1.807) is 12.1 Å². The van der Waals surface area contributed by atoms with Gasteiger partial charge in [0.05, 0.1) is 5.69 Å². The topological polar surface area (TPSA) is 64.1 Å². The number of nitrogens with one attached hydrogen (secondary N) is 1. The predicted molar refractivity (Wildman–Crippen MR) is 101 cm³/mol. The molecular weight excluding hydrogens is 326 g/mol.